The predicted octanol–water partition coefficient (Wildman–Crippen LogP) is 3.49. The van der Waals surface area contributed by atoms with E-state index < -0.39 is 0 Å². The number of nitrogens with zero attached hydrogens (tertiary/aromatic N) is 6. The van der Waals surface area contributed by atoms with Crippen molar-refractivity contribution in [3.63, 3.8) is 0 Å². The summed E-state index contributed by atoms with van der Waals surface area (Å²) in [6, 6.07) is 4.17. The van der Waals surface area contributed by atoms with E-state index in [1.54, 1.807) is 6.39 Å². The standard InChI is InChI=1S/C20H26N6O/c1-13(2)19-17(21-12-27-19)11-25-9-7-15(8-10-25)20-23-22-18-6-5-16(14-3-4-14)24-26(18)20/h5-6,12-15H,3-4,7-11H2,1-2H3. The second-order valence-corrected chi connectivity index (χ2v) is 8.23. The van der Waals surface area contributed by atoms with Crippen LogP contribution in [0, 0.1) is 0 Å². The van der Waals surface area contributed by atoms with Crippen LogP contribution in [0.3, 0.4) is 0 Å². The molecule has 0 N–H and O–H groups in total. The van der Waals surface area contributed by atoms with Crippen LogP contribution in [0.2, 0.25) is 0 Å². The quantitative estimate of drug-likeness (QED) is 0.688. The molecule has 0 atom stereocenters. The van der Waals surface area contributed by atoms with E-state index in [1.165, 1.54) is 18.5 Å². The van der Waals surface area contributed by atoms with Crippen LogP contribution in [0.4, 0.5) is 0 Å². The first-order valence-electron chi connectivity index (χ1n) is 10.1. The van der Waals surface area contributed by atoms with Gasteiger partial charge in [0.25, 0.3) is 0 Å². The van der Waals surface area contributed by atoms with E-state index in [-0.39, 0.29) is 0 Å². The second-order valence-electron chi connectivity index (χ2n) is 8.23. The highest BCUT2D eigenvalue weighted by atomic mass is 16.3. The fraction of sp³-hybridized carbons (Fsp3) is 0.600. The van der Waals surface area contributed by atoms with Gasteiger partial charge in [-0.2, -0.15) is 9.61 Å². The molecule has 0 bridgehead atoms. The fourth-order valence-electron chi connectivity index (χ4n) is 4.10. The van der Waals surface area contributed by atoms with Gasteiger partial charge in [-0.25, -0.2) is 4.98 Å². The molecule has 0 unspecified atom stereocenters. The van der Waals surface area contributed by atoms with Crippen LogP contribution < -0.4 is 0 Å². The Kier molecular flexibility index (Phi) is 4.19. The average Bonchev–Trinajstić information content (AvgIpc) is 3.28. The van der Waals surface area contributed by atoms with Gasteiger partial charge in [-0.05, 0) is 50.9 Å². The summed E-state index contributed by atoms with van der Waals surface area (Å²) in [6.07, 6.45) is 6.24. The number of rotatable bonds is 5. The Bertz CT molecular complexity index is 933. The maximum absolute atomic E-state index is 5.56. The lowest BCUT2D eigenvalue weighted by atomic mass is 9.96. The van der Waals surface area contributed by atoms with Crippen LogP contribution in [0.15, 0.2) is 22.9 Å². The summed E-state index contributed by atoms with van der Waals surface area (Å²) in [7, 11) is 0. The molecule has 1 saturated carbocycles. The molecule has 1 saturated heterocycles. The van der Waals surface area contributed by atoms with Gasteiger partial charge in [-0.1, -0.05) is 13.8 Å². The number of hydrogen-bond acceptors (Lipinski definition) is 6. The highest BCUT2D eigenvalue weighted by Gasteiger charge is 2.28. The van der Waals surface area contributed by atoms with Gasteiger partial charge >= 0.3 is 0 Å². The van der Waals surface area contributed by atoms with Crippen molar-refractivity contribution in [2.24, 2.45) is 0 Å². The Labute approximate surface area is 158 Å². The van der Waals surface area contributed by atoms with E-state index in [0.29, 0.717) is 17.8 Å². The summed E-state index contributed by atoms with van der Waals surface area (Å²) in [5.74, 6) is 3.46. The third-order valence-electron chi connectivity index (χ3n) is 5.83. The highest BCUT2D eigenvalue weighted by Crippen LogP contribution is 2.39. The van der Waals surface area contributed by atoms with Crippen molar-refractivity contribution in [3.05, 3.63) is 41.5 Å². The Morgan fingerprint density at radius 3 is 2.63 bits per heavy atom. The number of fused-ring (bicyclic) bond motifs is 1. The number of piperidine rings is 1. The molecule has 27 heavy (non-hydrogen) atoms. The molecule has 3 aromatic rings. The van der Waals surface area contributed by atoms with Crippen LogP contribution in [0.25, 0.3) is 5.65 Å². The monoisotopic (exact) mass is 366 g/mol. The molecule has 2 fully saturated rings. The molecule has 3 aromatic heterocycles. The SMILES string of the molecule is CC(C)c1ocnc1CN1CCC(c2nnc3ccc(C4CC4)nn23)CC1. The third kappa shape index (κ3) is 3.25. The third-order valence-corrected chi connectivity index (χ3v) is 5.83. The Hall–Kier alpha value is -2.28. The molecule has 7 nitrogen and oxygen atoms in total. The van der Waals surface area contributed by atoms with E-state index in [4.69, 9.17) is 9.52 Å². The number of hydrogen-bond donors (Lipinski definition) is 0. The topological polar surface area (TPSA) is 72.3 Å². The van der Waals surface area contributed by atoms with Crippen molar-refractivity contribution in [1.29, 1.82) is 0 Å². The lowest BCUT2D eigenvalue weighted by molar-refractivity contribution is 0.197. The van der Waals surface area contributed by atoms with Crippen LogP contribution >= 0.6 is 0 Å². The summed E-state index contributed by atoms with van der Waals surface area (Å²) in [5, 5.41) is 13.7. The van der Waals surface area contributed by atoms with Crippen molar-refractivity contribution in [3.8, 4) is 0 Å². The molecule has 1 aliphatic heterocycles. The van der Waals surface area contributed by atoms with Crippen molar-refractivity contribution in [2.45, 2.75) is 63.8 Å². The normalized spacial score (nSPS) is 19.4. The van der Waals surface area contributed by atoms with Crippen molar-refractivity contribution in [2.75, 3.05) is 13.1 Å². The fourth-order valence-corrected chi connectivity index (χ4v) is 4.10. The number of aromatic nitrogens is 5. The van der Waals surface area contributed by atoms with E-state index in [2.05, 4.69) is 46.1 Å². The molecule has 0 radical (unpaired) electrons. The zero-order valence-electron chi connectivity index (χ0n) is 16.0. The minimum Gasteiger partial charge on any atom is -0.448 e. The number of likely N-dealkylation sites (tertiary alicyclic amines) is 1. The summed E-state index contributed by atoms with van der Waals surface area (Å²) >= 11 is 0. The summed E-state index contributed by atoms with van der Waals surface area (Å²) in [6.45, 7) is 7.23. The average molecular weight is 366 g/mol. The smallest absolute Gasteiger partial charge is 0.181 e. The molecule has 7 heteroatoms. The predicted molar refractivity (Wildman–Crippen MR) is 101 cm³/mol. The van der Waals surface area contributed by atoms with Crippen molar-refractivity contribution < 1.29 is 4.42 Å². The molecule has 2 aliphatic rings. The largest absolute Gasteiger partial charge is 0.448 e. The zero-order chi connectivity index (χ0) is 18.4. The summed E-state index contributed by atoms with van der Waals surface area (Å²) < 4.78 is 7.55. The van der Waals surface area contributed by atoms with Crippen LogP contribution in [0.5, 0.6) is 0 Å². The van der Waals surface area contributed by atoms with Gasteiger partial charge < -0.3 is 4.42 Å². The van der Waals surface area contributed by atoms with Crippen LogP contribution in [0.1, 0.15) is 80.3 Å². The Morgan fingerprint density at radius 2 is 1.89 bits per heavy atom. The molecule has 1 aliphatic carbocycles. The summed E-state index contributed by atoms with van der Waals surface area (Å²) in [5.41, 5.74) is 3.13. The maximum atomic E-state index is 5.56. The minimum absolute atomic E-state index is 0.370. The molecule has 0 aromatic carbocycles. The van der Waals surface area contributed by atoms with Crippen LogP contribution in [-0.2, 0) is 6.54 Å². The molecular formula is C20H26N6O. The minimum atomic E-state index is 0.370. The zero-order valence-corrected chi connectivity index (χ0v) is 16.0. The van der Waals surface area contributed by atoms with Gasteiger partial charge in [0, 0.05) is 24.3 Å². The molecule has 142 valence electrons. The lowest BCUT2D eigenvalue weighted by Crippen LogP contribution is -2.33. The van der Waals surface area contributed by atoms with Gasteiger partial charge in [0.2, 0.25) is 0 Å². The van der Waals surface area contributed by atoms with Gasteiger partial charge in [-0.15, -0.1) is 10.2 Å². The first-order chi connectivity index (χ1) is 13.2. The molecule has 4 heterocycles. The second kappa shape index (κ2) is 6.71. The van der Waals surface area contributed by atoms with Gasteiger partial charge in [0.15, 0.2) is 17.9 Å². The van der Waals surface area contributed by atoms with Crippen molar-refractivity contribution in [1.82, 2.24) is 29.7 Å². The van der Waals surface area contributed by atoms with Gasteiger partial charge in [0.1, 0.15) is 5.76 Å². The van der Waals surface area contributed by atoms with E-state index in [1.807, 2.05) is 4.52 Å². The Balaban J connectivity index is 1.28. The van der Waals surface area contributed by atoms with E-state index >= 15 is 0 Å². The lowest BCUT2D eigenvalue weighted by Gasteiger charge is -2.30. The number of oxazole rings is 1. The van der Waals surface area contributed by atoms with Gasteiger partial charge in [0.05, 0.1) is 11.4 Å². The first-order valence-corrected chi connectivity index (χ1v) is 10.1. The summed E-state index contributed by atoms with van der Waals surface area (Å²) in [4.78, 5) is 6.89. The van der Waals surface area contributed by atoms with Gasteiger partial charge in [-0.3, -0.25) is 4.90 Å². The highest BCUT2D eigenvalue weighted by molar-refractivity contribution is 5.38. The van der Waals surface area contributed by atoms with Crippen molar-refractivity contribution >= 4 is 5.65 Å². The first kappa shape index (κ1) is 16.9. The van der Waals surface area contributed by atoms with E-state index in [0.717, 1.165) is 55.4 Å². The van der Waals surface area contributed by atoms with Crippen LogP contribution in [-0.4, -0.2) is 42.8 Å². The molecule has 0 amide bonds. The molecular weight excluding hydrogens is 340 g/mol. The molecule has 0 spiro atoms. The van der Waals surface area contributed by atoms with E-state index in [9.17, 15) is 0 Å². The molecule has 5 rings (SSSR count). The Morgan fingerprint density at radius 1 is 1.07 bits per heavy atom. The maximum Gasteiger partial charge on any atom is 0.181 e.